The summed E-state index contributed by atoms with van der Waals surface area (Å²) in [5.41, 5.74) is 0. The number of allylic oxidation sites excluding steroid dienone is 4. The topological polar surface area (TPSA) is 111 Å². The molecule has 9 nitrogen and oxygen atoms in total. The van der Waals surface area contributed by atoms with Gasteiger partial charge in [0.2, 0.25) is 0 Å². The van der Waals surface area contributed by atoms with Crippen LogP contribution in [-0.2, 0) is 33.3 Å². The van der Waals surface area contributed by atoms with Crippen LogP contribution in [0.2, 0.25) is 0 Å². The van der Waals surface area contributed by atoms with E-state index in [1.54, 1.807) is 0 Å². The van der Waals surface area contributed by atoms with Crippen LogP contribution in [0.5, 0.6) is 0 Å². The van der Waals surface area contributed by atoms with Gasteiger partial charge in [0.05, 0.1) is 40.3 Å². The molecule has 0 aromatic carbocycles. The zero-order valence-electron chi connectivity index (χ0n) is 38.4. The van der Waals surface area contributed by atoms with E-state index in [0.29, 0.717) is 23.9 Å². The first-order chi connectivity index (χ1) is 28.1. The van der Waals surface area contributed by atoms with Crippen LogP contribution in [0.1, 0.15) is 213 Å². The van der Waals surface area contributed by atoms with E-state index in [1.807, 2.05) is 21.1 Å². The van der Waals surface area contributed by atoms with Crippen LogP contribution in [-0.4, -0.2) is 82.3 Å². The highest BCUT2D eigenvalue weighted by molar-refractivity contribution is 5.70. The number of carboxylic acids is 1. The summed E-state index contributed by atoms with van der Waals surface area (Å²) in [5.74, 6) is -2.28. The van der Waals surface area contributed by atoms with E-state index in [1.165, 1.54) is 135 Å². The Morgan fingerprint density at radius 3 is 1.36 bits per heavy atom. The highest BCUT2D eigenvalue weighted by Gasteiger charge is 2.21. The summed E-state index contributed by atoms with van der Waals surface area (Å²) in [4.78, 5) is 36.9. The molecule has 0 aliphatic heterocycles. The molecule has 0 amide bonds. The van der Waals surface area contributed by atoms with Gasteiger partial charge in [0, 0.05) is 12.8 Å². The van der Waals surface area contributed by atoms with Gasteiger partial charge in [-0.2, -0.15) is 0 Å². The summed E-state index contributed by atoms with van der Waals surface area (Å²) < 4.78 is 22.5. The van der Waals surface area contributed by atoms with Crippen molar-refractivity contribution in [2.24, 2.45) is 0 Å². The Hall–Kier alpha value is -2.23. The third-order valence-corrected chi connectivity index (χ3v) is 10.5. The zero-order valence-corrected chi connectivity index (χ0v) is 38.4. The molecule has 0 saturated carbocycles. The van der Waals surface area contributed by atoms with Crippen LogP contribution in [0.3, 0.4) is 0 Å². The fourth-order valence-electron chi connectivity index (χ4n) is 6.68. The van der Waals surface area contributed by atoms with E-state index in [-0.39, 0.29) is 32.2 Å². The summed E-state index contributed by atoms with van der Waals surface area (Å²) in [6.07, 6.45) is 42.1. The second-order valence-corrected chi connectivity index (χ2v) is 17.4. The zero-order chi connectivity index (χ0) is 42.8. The van der Waals surface area contributed by atoms with Gasteiger partial charge in [0.1, 0.15) is 13.2 Å². The van der Waals surface area contributed by atoms with Crippen molar-refractivity contribution in [2.75, 3.05) is 47.5 Å². The van der Waals surface area contributed by atoms with Gasteiger partial charge in [-0.05, 0) is 44.9 Å². The normalized spacial score (nSPS) is 13.1. The Morgan fingerprint density at radius 1 is 0.517 bits per heavy atom. The minimum absolute atomic E-state index is 0.149. The minimum atomic E-state index is -1.62. The lowest BCUT2D eigenvalue weighted by atomic mass is 10.0. The third-order valence-electron chi connectivity index (χ3n) is 10.5. The fourth-order valence-corrected chi connectivity index (χ4v) is 6.68. The van der Waals surface area contributed by atoms with Crippen LogP contribution in [0.4, 0.5) is 0 Å². The number of hydrogen-bond acceptors (Lipinski definition) is 8. The van der Waals surface area contributed by atoms with Gasteiger partial charge in [-0.25, -0.2) is 0 Å². The monoisotopic (exact) mass is 822 g/mol. The molecule has 0 rings (SSSR count). The number of hydrogen-bond donors (Lipinski definition) is 0. The number of quaternary nitrogens is 1. The summed E-state index contributed by atoms with van der Waals surface area (Å²) in [6.45, 7) is 4.73. The highest BCUT2D eigenvalue weighted by atomic mass is 16.7. The van der Waals surface area contributed by atoms with Crippen molar-refractivity contribution in [2.45, 2.75) is 225 Å². The van der Waals surface area contributed by atoms with Crippen LogP contribution >= 0.6 is 0 Å². The van der Waals surface area contributed by atoms with E-state index in [9.17, 15) is 19.5 Å². The molecule has 2 unspecified atom stereocenters. The number of ether oxygens (including phenoxy) is 4. The number of likely N-dealkylation sites (N-methyl/N-ethyl adjacent to an activating group) is 1. The first-order valence-corrected chi connectivity index (χ1v) is 24.0. The molecular formula is C49H91NO8. The SMILES string of the molecule is CCCCCCC/C=C\C/C=C\CCCCCCCCCCCCCC(=O)OC(COC(=O)CCCCCCCCCCCC)COC(OCC[N+](C)(C)C)C(=O)[O-]. The average Bonchev–Trinajstić information content (AvgIpc) is 3.18. The summed E-state index contributed by atoms with van der Waals surface area (Å²) >= 11 is 0. The predicted molar refractivity (Wildman–Crippen MR) is 237 cm³/mol. The van der Waals surface area contributed by atoms with Gasteiger partial charge in [-0.15, -0.1) is 0 Å². The second kappa shape index (κ2) is 41.5. The number of nitrogens with zero attached hydrogens (tertiary/aromatic N) is 1. The number of esters is 2. The molecule has 58 heavy (non-hydrogen) atoms. The maximum absolute atomic E-state index is 12.8. The average molecular weight is 822 g/mol. The molecule has 2 atom stereocenters. The predicted octanol–water partition coefficient (Wildman–Crippen LogP) is 11.5. The highest BCUT2D eigenvalue weighted by Crippen LogP contribution is 2.15. The van der Waals surface area contributed by atoms with Gasteiger partial charge >= 0.3 is 11.9 Å². The van der Waals surface area contributed by atoms with Crippen LogP contribution < -0.4 is 5.11 Å². The summed E-state index contributed by atoms with van der Waals surface area (Å²) in [6, 6.07) is 0. The third kappa shape index (κ3) is 41.9. The molecule has 0 aliphatic rings. The van der Waals surface area contributed by atoms with Crippen molar-refractivity contribution in [1.29, 1.82) is 0 Å². The molecule has 0 saturated heterocycles. The van der Waals surface area contributed by atoms with E-state index >= 15 is 0 Å². The molecule has 0 spiro atoms. The summed E-state index contributed by atoms with van der Waals surface area (Å²) in [5, 5.41) is 11.7. The largest absolute Gasteiger partial charge is 0.545 e. The van der Waals surface area contributed by atoms with Crippen LogP contribution in [0.25, 0.3) is 0 Å². The van der Waals surface area contributed by atoms with Gasteiger partial charge in [-0.3, -0.25) is 9.59 Å². The smallest absolute Gasteiger partial charge is 0.306 e. The maximum Gasteiger partial charge on any atom is 0.306 e. The quantitative estimate of drug-likeness (QED) is 0.0196. The molecule has 0 radical (unpaired) electrons. The Morgan fingerprint density at radius 2 is 0.931 bits per heavy atom. The molecule has 0 aliphatic carbocycles. The van der Waals surface area contributed by atoms with Crippen molar-refractivity contribution in [1.82, 2.24) is 0 Å². The van der Waals surface area contributed by atoms with E-state index in [0.717, 1.165) is 44.9 Å². The molecule has 0 bridgehead atoms. The lowest BCUT2D eigenvalue weighted by molar-refractivity contribution is -0.870. The lowest BCUT2D eigenvalue weighted by Crippen LogP contribution is -2.44. The minimum Gasteiger partial charge on any atom is -0.545 e. The number of unbranched alkanes of at least 4 members (excludes halogenated alkanes) is 25. The fraction of sp³-hybridized carbons (Fsp3) is 0.857. The number of carbonyl (C=O) groups excluding carboxylic acids is 3. The van der Waals surface area contributed by atoms with Gasteiger partial charge in [0.25, 0.3) is 0 Å². The Bertz CT molecular complexity index is 1010. The van der Waals surface area contributed by atoms with Crippen molar-refractivity contribution < 1.29 is 42.9 Å². The molecule has 0 fully saturated rings. The number of rotatable bonds is 44. The van der Waals surface area contributed by atoms with Crippen LogP contribution in [0, 0.1) is 0 Å². The Kier molecular flexibility index (Phi) is 39.9. The van der Waals surface area contributed by atoms with Crippen molar-refractivity contribution >= 4 is 17.9 Å². The maximum atomic E-state index is 12.8. The molecule has 340 valence electrons. The van der Waals surface area contributed by atoms with Crippen LogP contribution in [0.15, 0.2) is 24.3 Å². The Balaban J connectivity index is 4.28. The second-order valence-electron chi connectivity index (χ2n) is 17.4. The molecular weight excluding hydrogens is 731 g/mol. The first-order valence-electron chi connectivity index (χ1n) is 24.0. The van der Waals surface area contributed by atoms with Crippen molar-refractivity contribution in [3.05, 3.63) is 24.3 Å². The van der Waals surface area contributed by atoms with Crippen molar-refractivity contribution in [3.63, 3.8) is 0 Å². The van der Waals surface area contributed by atoms with Crippen molar-refractivity contribution in [3.8, 4) is 0 Å². The molecule has 9 heteroatoms. The van der Waals surface area contributed by atoms with E-state index in [2.05, 4.69) is 38.2 Å². The number of aliphatic carboxylic acids is 1. The number of carbonyl (C=O) groups is 3. The first kappa shape index (κ1) is 55.8. The molecule has 0 heterocycles. The lowest BCUT2D eigenvalue weighted by Gasteiger charge is -2.26. The standard InChI is InChI=1S/C49H91NO8/c1-6-8-10-12-14-16-18-19-20-21-22-23-24-25-26-27-28-29-30-32-34-36-38-40-47(52)58-45(44-57-49(48(53)54)55-42-41-50(3,4)5)43-56-46(51)39-37-35-33-31-17-15-13-11-9-7-2/h18-19,21-22,45,49H,6-17,20,23-44H2,1-5H3/b19-18-,22-21-. The van der Waals surface area contributed by atoms with Gasteiger partial charge in [0.15, 0.2) is 12.4 Å². The molecule has 0 N–H and O–H groups in total. The Labute approximate surface area is 357 Å². The van der Waals surface area contributed by atoms with Gasteiger partial charge < -0.3 is 33.3 Å². The molecule has 0 aromatic rings. The number of carboxylic acid groups (broad SMARTS) is 1. The van der Waals surface area contributed by atoms with E-state index in [4.69, 9.17) is 18.9 Å². The van der Waals surface area contributed by atoms with Gasteiger partial charge in [-0.1, -0.05) is 179 Å². The molecule has 0 aromatic heterocycles. The summed E-state index contributed by atoms with van der Waals surface area (Å²) in [7, 11) is 5.91. The van der Waals surface area contributed by atoms with E-state index < -0.39 is 24.3 Å².